The normalized spacial score (nSPS) is 12.0. The van der Waals surface area contributed by atoms with E-state index in [0.717, 1.165) is 5.56 Å². The Bertz CT molecular complexity index is 1440. The number of H-pyrrole nitrogens is 2. The fourth-order valence-corrected chi connectivity index (χ4v) is 4.73. The van der Waals surface area contributed by atoms with Crippen molar-refractivity contribution in [1.82, 2.24) is 14.3 Å². The summed E-state index contributed by atoms with van der Waals surface area (Å²) in [5.41, 5.74) is 1.24. The van der Waals surface area contributed by atoms with E-state index in [9.17, 15) is 18.0 Å². The second kappa shape index (κ2) is 8.01. The van der Waals surface area contributed by atoms with Gasteiger partial charge in [0.1, 0.15) is 5.52 Å². The van der Waals surface area contributed by atoms with Crippen LogP contribution in [0.4, 0.5) is 0 Å². The molecule has 31 heavy (non-hydrogen) atoms. The number of hydrogen-bond acceptors (Lipinski definition) is 5. The molecule has 0 fully saturated rings. The van der Waals surface area contributed by atoms with E-state index in [1.165, 1.54) is 35.7 Å². The molecule has 0 amide bonds. The number of nitrogens with zero attached hydrogens (tertiary/aromatic N) is 1. The van der Waals surface area contributed by atoms with Gasteiger partial charge >= 0.3 is 5.97 Å². The van der Waals surface area contributed by atoms with Crippen LogP contribution in [0.25, 0.3) is 21.8 Å². The summed E-state index contributed by atoms with van der Waals surface area (Å²) in [5.74, 6) is -0.588. The summed E-state index contributed by atoms with van der Waals surface area (Å²) in [6.07, 6.45) is 1.40. The van der Waals surface area contributed by atoms with Gasteiger partial charge in [-0.3, -0.25) is 4.79 Å². The van der Waals surface area contributed by atoms with E-state index in [0.29, 0.717) is 16.3 Å². The van der Waals surface area contributed by atoms with Gasteiger partial charge in [0.05, 0.1) is 17.1 Å². The molecule has 4 aromatic rings. The van der Waals surface area contributed by atoms with Crippen LogP contribution in [0.5, 0.6) is 0 Å². The van der Waals surface area contributed by atoms with Gasteiger partial charge in [-0.25, -0.2) is 13.2 Å². The lowest BCUT2D eigenvalue weighted by molar-refractivity contribution is 0.0529. The lowest BCUT2D eigenvalue weighted by atomic mass is 10.1. The summed E-state index contributed by atoms with van der Waals surface area (Å²) in [6, 6.07) is 13.7. The van der Waals surface area contributed by atoms with Gasteiger partial charge < -0.3 is 14.7 Å². The van der Waals surface area contributed by atoms with E-state index in [-0.39, 0.29) is 29.1 Å². The number of fused-ring (bicyclic) bond motifs is 3. The van der Waals surface area contributed by atoms with Crippen LogP contribution in [0.2, 0.25) is 0 Å². The Kier molecular flexibility index (Phi) is 5.38. The first kappa shape index (κ1) is 20.8. The molecule has 8 nitrogen and oxygen atoms in total. The maximum Gasteiger partial charge on any atom is 0.340 e. The Balaban J connectivity index is 1.85. The molecule has 0 spiro atoms. The maximum atomic E-state index is 13.2. The van der Waals surface area contributed by atoms with Crippen molar-refractivity contribution >= 4 is 37.8 Å². The first-order valence-electron chi connectivity index (χ1n) is 9.67. The van der Waals surface area contributed by atoms with E-state index >= 15 is 0 Å². The third-order valence-corrected chi connectivity index (χ3v) is 6.87. The predicted octanol–water partition coefficient (Wildman–Crippen LogP) is 3.01. The quantitative estimate of drug-likeness (QED) is 0.449. The third kappa shape index (κ3) is 3.73. The Hall–Kier alpha value is -3.43. The molecule has 0 aliphatic rings. The smallest absolute Gasteiger partial charge is 0.340 e. The van der Waals surface area contributed by atoms with Crippen molar-refractivity contribution in [1.29, 1.82) is 0 Å². The second-order valence-electron chi connectivity index (χ2n) is 7.08. The van der Waals surface area contributed by atoms with Gasteiger partial charge in [-0.05, 0) is 30.7 Å². The molecular formula is C22H21N3O5S. The molecule has 0 saturated heterocycles. The number of benzene rings is 2. The van der Waals surface area contributed by atoms with E-state index < -0.39 is 21.6 Å². The van der Waals surface area contributed by atoms with Gasteiger partial charge in [-0.2, -0.15) is 4.31 Å². The fourth-order valence-electron chi connectivity index (χ4n) is 3.54. The molecule has 0 radical (unpaired) electrons. The van der Waals surface area contributed by atoms with Crippen LogP contribution in [0.3, 0.4) is 0 Å². The number of pyridine rings is 1. The van der Waals surface area contributed by atoms with Gasteiger partial charge in [0.2, 0.25) is 10.0 Å². The van der Waals surface area contributed by atoms with Crippen molar-refractivity contribution in [3.8, 4) is 0 Å². The van der Waals surface area contributed by atoms with Crippen LogP contribution in [-0.2, 0) is 21.3 Å². The first-order chi connectivity index (χ1) is 14.8. The molecule has 0 saturated carbocycles. The molecule has 0 atom stereocenters. The van der Waals surface area contributed by atoms with Crippen LogP contribution in [0.1, 0.15) is 22.8 Å². The van der Waals surface area contributed by atoms with Gasteiger partial charge in [0.25, 0.3) is 5.56 Å². The number of ether oxygens (including phenoxy) is 1. The summed E-state index contributed by atoms with van der Waals surface area (Å²) in [5, 5.41) is 0.771. The summed E-state index contributed by atoms with van der Waals surface area (Å²) in [6.45, 7) is 2.07. The minimum absolute atomic E-state index is 0.0581. The number of carbonyl (C=O) groups excluding carboxylic acids is 1. The van der Waals surface area contributed by atoms with E-state index in [1.54, 1.807) is 6.92 Å². The monoisotopic (exact) mass is 439 g/mol. The zero-order chi connectivity index (χ0) is 22.2. The molecule has 2 heterocycles. The predicted molar refractivity (Wildman–Crippen MR) is 117 cm³/mol. The SMILES string of the molecule is CCOC(=O)c1c[nH]c2c(=O)[nH]c3ccc(S(=O)(=O)N(C)Cc4ccccc4)cc3c12. The molecular weight excluding hydrogens is 418 g/mol. The minimum Gasteiger partial charge on any atom is -0.462 e. The molecule has 0 unspecified atom stereocenters. The van der Waals surface area contributed by atoms with Crippen LogP contribution < -0.4 is 5.56 Å². The molecule has 0 aliphatic heterocycles. The van der Waals surface area contributed by atoms with Gasteiger partial charge in [0.15, 0.2) is 0 Å². The Morgan fingerprint density at radius 1 is 1.13 bits per heavy atom. The van der Waals surface area contributed by atoms with Gasteiger partial charge in [0, 0.05) is 36.1 Å². The molecule has 4 rings (SSSR count). The highest BCUT2D eigenvalue weighted by Gasteiger charge is 2.23. The highest BCUT2D eigenvalue weighted by Crippen LogP contribution is 2.28. The standard InChI is InChI=1S/C22H21N3O5S/c1-3-30-22(27)17-12-23-20-19(17)16-11-15(9-10-18(16)24-21(20)26)31(28,29)25(2)13-14-7-5-4-6-8-14/h4-12,23H,3,13H2,1-2H3,(H,24,26). The zero-order valence-corrected chi connectivity index (χ0v) is 17.8. The maximum absolute atomic E-state index is 13.2. The van der Waals surface area contributed by atoms with Crippen LogP contribution in [-0.4, -0.2) is 42.3 Å². The Morgan fingerprint density at radius 2 is 1.87 bits per heavy atom. The highest BCUT2D eigenvalue weighted by molar-refractivity contribution is 7.89. The lowest BCUT2D eigenvalue weighted by Crippen LogP contribution is -2.26. The fraction of sp³-hybridized carbons (Fsp3) is 0.182. The van der Waals surface area contributed by atoms with Crippen LogP contribution in [0, 0.1) is 0 Å². The number of nitrogens with one attached hydrogen (secondary N) is 2. The van der Waals surface area contributed by atoms with Crippen molar-refractivity contribution in [2.75, 3.05) is 13.7 Å². The largest absolute Gasteiger partial charge is 0.462 e. The molecule has 2 aromatic heterocycles. The van der Waals surface area contributed by atoms with Crippen LogP contribution >= 0.6 is 0 Å². The molecule has 2 aromatic carbocycles. The second-order valence-corrected chi connectivity index (χ2v) is 9.13. The van der Waals surface area contributed by atoms with Gasteiger partial charge in [-0.15, -0.1) is 0 Å². The number of rotatable bonds is 6. The number of esters is 1. The number of carbonyl (C=O) groups is 1. The number of sulfonamides is 1. The van der Waals surface area contributed by atoms with E-state index in [4.69, 9.17) is 4.74 Å². The summed E-state index contributed by atoms with van der Waals surface area (Å²) in [7, 11) is -2.31. The van der Waals surface area contributed by atoms with Crippen molar-refractivity contribution in [3.05, 3.63) is 76.2 Å². The van der Waals surface area contributed by atoms with Crippen molar-refractivity contribution in [3.63, 3.8) is 0 Å². The van der Waals surface area contributed by atoms with Crippen molar-refractivity contribution in [2.24, 2.45) is 0 Å². The van der Waals surface area contributed by atoms with Crippen molar-refractivity contribution < 1.29 is 17.9 Å². The molecule has 160 valence electrons. The number of aromatic amines is 2. The highest BCUT2D eigenvalue weighted by atomic mass is 32.2. The molecule has 2 N–H and O–H groups in total. The summed E-state index contributed by atoms with van der Waals surface area (Å²) < 4.78 is 32.7. The molecule has 0 bridgehead atoms. The van der Waals surface area contributed by atoms with Gasteiger partial charge in [-0.1, -0.05) is 30.3 Å². The summed E-state index contributed by atoms with van der Waals surface area (Å²) >= 11 is 0. The first-order valence-corrected chi connectivity index (χ1v) is 11.1. The molecule has 0 aliphatic carbocycles. The van der Waals surface area contributed by atoms with E-state index in [2.05, 4.69) is 9.97 Å². The minimum atomic E-state index is -3.82. The third-order valence-electron chi connectivity index (χ3n) is 5.07. The Labute approximate surface area is 178 Å². The van der Waals surface area contributed by atoms with E-state index in [1.807, 2.05) is 30.3 Å². The Morgan fingerprint density at radius 3 is 2.58 bits per heavy atom. The average Bonchev–Trinajstić information content (AvgIpc) is 3.21. The zero-order valence-electron chi connectivity index (χ0n) is 17.0. The van der Waals surface area contributed by atoms with Crippen molar-refractivity contribution in [2.45, 2.75) is 18.4 Å². The summed E-state index contributed by atoms with van der Waals surface area (Å²) in [4.78, 5) is 30.4. The topological polar surface area (TPSA) is 112 Å². The molecule has 9 heteroatoms. The number of hydrogen-bond donors (Lipinski definition) is 2. The number of aromatic nitrogens is 2. The average molecular weight is 439 g/mol. The lowest BCUT2D eigenvalue weighted by Gasteiger charge is -2.18. The van der Waals surface area contributed by atoms with Crippen LogP contribution in [0.15, 0.2) is 64.4 Å².